The lowest BCUT2D eigenvalue weighted by Crippen LogP contribution is -2.50. The van der Waals surface area contributed by atoms with Crippen LogP contribution < -0.4 is 11.1 Å². The van der Waals surface area contributed by atoms with Crippen molar-refractivity contribution in [2.75, 3.05) is 18.4 Å². The Balaban J connectivity index is 2.02. The van der Waals surface area contributed by atoms with Crippen molar-refractivity contribution < 1.29 is 9.59 Å². The van der Waals surface area contributed by atoms with Gasteiger partial charge in [-0.3, -0.25) is 14.5 Å². The number of halogens is 2. The van der Waals surface area contributed by atoms with Crippen LogP contribution in [-0.2, 0) is 9.59 Å². The number of nitrogens with one attached hydrogen (secondary N) is 1. The largest absolute Gasteiger partial charge is 0.368 e. The fraction of sp³-hybridized carbons (Fsp3) is 0.429. The van der Waals surface area contributed by atoms with Crippen LogP contribution in [0.1, 0.15) is 19.3 Å². The molecular weight excluding hydrogens is 313 g/mol. The number of piperidine rings is 1. The molecule has 0 bridgehead atoms. The molecule has 1 aromatic carbocycles. The number of benzene rings is 1. The molecule has 0 unspecified atom stereocenters. The van der Waals surface area contributed by atoms with Gasteiger partial charge in [0.25, 0.3) is 0 Å². The number of primary amides is 1. The van der Waals surface area contributed by atoms with Crippen molar-refractivity contribution >= 4 is 40.7 Å². The highest BCUT2D eigenvalue weighted by atomic mass is 35.5. The standard InChI is InChI=1S/C14H17Cl2N3O2/c15-9-4-3-5-10(16)13(9)18-12(20)8-19-7-2-1-6-11(19)14(17)21/h3-5,11H,1-2,6-8H2,(H2,17,21)(H,18,20)/t11-/m0/s1. The number of hydrogen-bond acceptors (Lipinski definition) is 3. The van der Waals surface area contributed by atoms with Gasteiger partial charge >= 0.3 is 0 Å². The van der Waals surface area contributed by atoms with Crippen molar-refractivity contribution in [2.45, 2.75) is 25.3 Å². The lowest BCUT2D eigenvalue weighted by Gasteiger charge is -2.32. The van der Waals surface area contributed by atoms with Gasteiger partial charge < -0.3 is 11.1 Å². The molecule has 7 heteroatoms. The molecule has 1 atom stereocenters. The van der Waals surface area contributed by atoms with Crippen molar-refractivity contribution in [3.63, 3.8) is 0 Å². The highest BCUT2D eigenvalue weighted by Crippen LogP contribution is 2.29. The predicted octanol–water partition coefficient (Wildman–Crippen LogP) is 2.27. The van der Waals surface area contributed by atoms with Gasteiger partial charge in [-0.25, -0.2) is 0 Å². The molecule has 2 rings (SSSR count). The van der Waals surface area contributed by atoms with Crippen molar-refractivity contribution in [1.82, 2.24) is 4.90 Å². The Morgan fingerprint density at radius 2 is 1.95 bits per heavy atom. The van der Waals surface area contributed by atoms with E-state index in [0.717, 1.165) is 12.8 Å². The zero-order chi connectivity index (χ0) is 15.4. The summed E-state index contributed by atoms with van der Waals surface area (Å²) in [5.41, 5.74) is 5.77. The number of nitrogens with zero attached hydrogens (tertiary/aromatic N) is 1. The molecule has 1 heterocycles. The lowest BCUT2D eigenvalue weighted by molar-refractivity contribution is -0.126. The van der Waals surface area contributed by atoms with E-state index < -0.39 is 5.91 Å². The summed E-state index contributed by atoms with van der Waals surface area (Å²) < 4.78 is 0. The number of nitrogens with two attached hydrogens (primary N) is 1. The number of likely N-dealkylation sites (tertiary alicyclic amines) is 1. The minimum absolute atomic E-state index is 0.0924. The monoisotopic (exact) mass is 329 g/mol. The van der Waals surface area contributed by atoms with E-state index in [4.69, 9.17) is 28.9 Å². The van der Waals surface area contributed by atoms with E-state index in [9.17, 15) is 9.59 Å². The second-order valence-electron chi connectivity index (χ2n) is 5.03. The molecule has 114 valence electrons. The van der Waals surface area contributed by atoms with Crippen LogP contribution in [0.4, 0.5) is 5.69 Å². The summed E-state index contributed by atoms with van der Waals surface area (Å²) in [5.74, 6) is -0.656. The highest BCUT2D eigenvalue weighted by molar-refractivity contribution is 6.39. The van der Waals surface area contributed by atoms with Crippen LogP contribution in [-0.4, -0.2) is 35.8 Å². The predicted molar refractivity (Wildman–Crippen MR) is 83.5 cm³/mol. The Bertz CT molecular complexity index is 531. The molecule has 0 saturated carbocycles. The van der Waals surface area contributed by atoms with E-state index in [2.05, 4.69) is 5.32 Å². The average molecular weight is 330 g/mol. The topological polar surface area (TPSA) is 75.4 Å². The van der Waals surface area contributed by atoms with Gasteiger partial charge in [0.15, 0.2) is 0 Å². The van der Waals surface area contributed by atoms with Gasteiger partial charge in [0.1, 0.15) is 0 Å². The first kappa shape index (κ1) is 16.1. The first-order chi connectivity index (χ1) is 9.99. The first-order valence-corrected chi connectivity index (χ1v) is 7.52. The molecule has 3 N–H and O–H groups in total. The molecule has 0 aliphatic carbocycles. The highest BCUT2D eigenvalue weighted by Gasteiger charge is 2.28. The zero-order valence-electron chi connectivity index (χ0n) is 11.4. The van der Waals surface area contributed by atoms with Crippen LogP contribution in [0.2, 0.25) is 10.0 Å². The van der Waals surface area contributed by atoms with Crippen LogP contribution in [0.15, 0.2) is 18.2 Å². The van der Waals surface area contributed by atoms with E-state index in [-0.39, 0.29) is 18.5 Å². The summed E-state index contributed by atoms with van der Waals surface area (Å²) in [6.45, 7) is 0.770. The van der Waals surface area contributed by atoms with Gasteiger partial charge in [-0.1, -0.05) is 35.7 Å². The minimum atomic E-state index is -0.390. The quantitative estimate of drug-likeness (QED) is 0.889. The number of hydrogen-bond donors (Lipinski definition) is 2. The molecule has 1 aliphatic heterocycles. The van der Waals surface area contributed by atoms with E-state index in [1.807, 2.05) is 0 Å². The fourth-order valence-electron chi connectivity index (χ4n) is 2.48. The van der Waals surface area contributed by atoms with Crippen molar-refractivity contribution in [2.24, 2.45) is 5.73 Å². The molecule has 0 spiro atoms. The van der Waals surface area contributed by atoms with Gasteiger partial charge in [-0.15, -0.1) is 0 Å². The van der Waals surface area contributed by atoms with Crippen LogP contribution in [0.5, 0.6) is 0 Å². The number of carbonyl (C=O) groups excluding carboxylic acids is 2. The second kappa shape index (κ2) is 7.11. The summed E-state index contributed by atoms with van der Waals surface area (Å²) in [7, 11) is 0. The van der Waals surface area contributed by atoms with E-state index >= 15 is 0 Å². The Kier molecular flexibility index (Phi) is 5.45. The maximum Gasteiger partial charge on any atom is 0.238 e. The Hall–Kier alpha value is -1.30. The number of amides is 2. The number of anilines is 1. The lowest BCUT2D eigenvalue weighted by atomic mass is 10.0. The molecule has 1 saturated heterocycles. The third-order valence-corrected chi connectivity index (χ3v) is 4.15. The summed E-state index contributed by atoms with van der Waals surface area (Å²) in [6.07, 6.45) is 2.58. The summed E-state index contributed by atoms with van der Waals surface area (Å²) in [5, 5.41) is 3.44. The molecule has 0 aromatic heterocycles. The summed E-state index contributed by atoms with van der Waals surface area (Å²) in [6, 6.07) is 4.62. The Morgan fingerprint density at radius 1 is 1.29 bits per heavy atom. The van der Waals surface area contributed by atoms with E-state index in [1.165, 1.54) is 0 Å². The van der Waals surface area contributed by atoms with E-state index in [1.54, 1.807) is 23.1 Å². The zero-order valence-corrected chi connectivity index (χ0v) is 13.0. The van der Waals surface area contributed by atoms with Gasteiger partial charge in [0.2, 0.25) is 11.8 Å². The smallest absolute Gasteiger partial charge is 0.238 e. The number of carbonyl (C=O) groups is 2. The molecular formula is C14H17Cl2N3O2. The maximum atomic E-state index is 12.1. The fourth-order valence-corrected chi connectivity index (χ4v) is 2.98. The SMILES string of the molecule is NC(=O)[C@@H]1CCCCN1CC(=O)Nc1c(Cl)cccc1Cl. The third kappa shape index (κ3) is 4.09. The van der Waals surface area contributed by atoms with Crippen molar-refractivity contribution in [1.29, 1.82) is 0 Å². The maximum absolute atomic E-state index is 12.1. The van der Waals surface area contributed by atoms with Gasteiger partial charge in [-0.05, 0) is 31.5 Å². The van der Waals surface area contributed by atoms with Crippen LogP contribution >= 0.6 is 23.2 Å². The molecule has 1 fully saturated rings. The third-order valence-electron chi connectivity index (χ3n) is 3.52. The summed E-state index contributed by atoms with van der Waals surface area (Å²) >= 11 is 12.0. The molecule has 21 heavy (non-hydrogen) atoms. The molecule has 5 nitrogen and oxygen atoms in total. The van der Waals surface area contributed by atoms with Crippen LogP contribution in [0.3, 0.4) is 0 Å². The van der Waals surface area contributed by atoms with Crippen LogP contribution in [0, 0.1) is 0 Å². The molecule has 1 aliphatic rings. The van der Waals surface area contributed by atoms with Crippen molar-refractivity contribution in [3.8, 4) is 0 Å². The first-order valence-electron chi connectivity index (χ1n) is 6.76. The van der Waals surface area contributed by atoms with Gasteiger partial charge in [0.05, 0.1) is 28.3 Å². The summed E-state index contributed by atoms with van der Waals surface area (Å²) in [4.78, 5) is 25.3. The molecule has 0 radical (unpaired) electrons. The van der Waals surface area contributed by atoms with Gasteiger partial charge in [0, 0.05) is 0 Å². The van der Waals surface area contributed by atoms with E-state index in [0.29, 0.717) is 28.7 Å². The minimum Gasteiger partial charge on any atom is -0.368 e. The number of rotatable bonds is 4. The Morgan fingerprint density at radius 3 is 2.57 bits per heavy atom. The van der Waals surface area contributed by atoms with Gasteiger partial charge in [-0.2, -0.15) is 0 Å². The second-order valence-corrected chi connectivity index (χ2v) is 5.84. The molecule has 1 aromatic rings. The number of para-hydroxylation sites is 1. The van der Waals surface area contributed by atoms with Crippen molar-refractivity contribution in [3.05, 3.63) is 28.2 Å². The normalized spacial score (nSPS) is 19.2. The Labute approximate surface area is 133 Å². The van der Waals surface area contributed by atoms with Crippen LogP contribution in [0.25, 0.3) is 0 Å². The average Bonchev–Trinajstić information content (AvgIpc) is 2.43. The molecule has 2 amide bonds.